The second kappa shape index (κ2) is 13.4. The summed E-state index contributed by atoms with van der Waals surface area (Å²) in [6.07, 6.45) is 0. The standard InChI is InChI=1S/C55H34ClNOS/c56-38-26-32-52-48(34-38)55(46-20-10-12-22-51(46)59-52)45-19-9-7-17-42(45)43-29-25-37(33-47(43)55)35-23-27-40(28-24-35)57(39-15-5-2-6-16-39)49-31-30-41(36-13-3-1-4-14-36)54-53(49)44-18-8-11-21-50(44)58-54/h1-34H. The smallest absolute Gasteiger partial charge is 0.145 e. The predicted molar refractivity (Wildman–Crippen MR) is 246 cm³/mol. The summed E-state index contributed by atoms with van der Waals surface area (Å²) in [6.45, 7) is 0. The maximum absolute atomic E-state index is 6.85. The van der Waals surface area contributed by atoms with Gasteiger partial charge in [0, 0.05) is 37.1 Å². The minimum atomic E-state index is -0.501. The quantitative estimate of drug-likeness (QED) is 0.173. The van der Waals surface area contributed by atoms with Crippen molar-refractivity contribution >= 4 is 62.4 Å². The number of hydrogen-bond donors (Lipinski definition) is 0. The van der Waals surface area contributed by atoms with Crippen molar-refractivity contribution in [1.29, 1.82) is 0 Å². The SMILES string of the molecule is Clc1ccc2c(c1)C1(c3ccccc3S2)c2ccccc2-c2ccc(-c3ccc(N(c4ccccc4)c4ccc(-c5ccccc5)c5oc6ccccc6c45)cc3)cc21. The summed E-state index contributed by atoms with van der Waals surface area (Å²) in [5.41, 5.74) is 16.6. The molecule has 0 N–H and O–H groups in total. The van der Waals surface area contributed by atoms with Crippen LogP contribution in [0.1, 0.15) is 22.3 Å². The molecule has 278 valence electrons. The van der Waals surface area contributed by atoms with E-state index in [4.69, 9.17) is 16.0 Å². The molecule has 0 amide bonds. The lowest BCUT2D eigenvalue weighted by Gasteiger charge is -2.39. The predicted octanol–water partition coefficient (Wildman–Crippen LogP) is 15.9. The topological polar surface area (TPSA) is 16.4 Å². The molecule has 4 heteroatoms. The zero-order chi connectivity index (χ0) is 39.1. The minimum Gasteiger partial charge on any atom is -0.455 e. The molecule has 1 spiro atoms. The number of furan rings is 1. The Morgan fingerprint density at radius 1 is 0.441 bits per heavy atom. The first-order valence-corrected chi connectivity index (χ1v) is 21.1. The molecule has 9 aromatic carbocycles. The summed E-state index contributed by atoms with van der Waals surface area (Å²) in [7, 11) is 0. The third-order valence-electron chi connectivity index (χ3n) is 12.2. The Hall–Kier alpha value is -6.78. The molecule has 1 atom stereocenters. The summed E-state index contributed by atoms with van der Waals surface area (Å²) >= 11 is 8.68. The van der Waals surface area contributed by atoms with Gasteiger partial charge in [0.1, 0.15) is 11.2 Å². The van der Waals surface area contributed by atoms with Crippen molar-refractivity contribution in [2.75, 3.05) is 4.90 Å². The van der Waals surface area contributed by atoms with Crippen LogP contribution < -0.4 is 4.90 Å². The van der Waals surface area contributed by atoms with Crippen LogP contribution in [0.15, 0.2) is 220 Å². The number of hydrogen-bond acceptors (Lipinski definition) is 3. The molecule has 1 aromatic heterocycles. The maximum Gasteiger partial charge on any atom is 0.145 e. The Balaban J connectivity index is 1.03. The molecule has 1 unspecified atom stereocenters. The van der Waals surface area contributed by atoms with Crippen LogP contribution in [0.25, 0.3) is 55.3 Å². The van der Waals surface area contributed by atoms with E-state index in [0.29, 0.717) is 0 Å². The van der Waals surface area contributed by atoms with Gasteiger partial charge in [-0.25, -0.2) is 0 Å². The molecule has 0 fully saturated rings. The zero-order valence-electron chi connectivity index (χ0n) is 31.8. The highest BCUT2D eigenvalue weighted by Crippen LogP contribution is 2.62. The van der Waals surface area contributed by atoms with Crippen molar-refractivity contribution < 1.29 is 4.42 Å². The fourth-order valence-corrected chi connectivity index (χ4v) is 11.0. The van der Waals surface area contributed by atoms with Gasteiger partial charge in [0.15, 0.2) is 0 Å². The van der Waals surface area contributed by atoms with Crippen molar-refractivity contribution in [3.8, 4) is 33.4 Å². The maximum atomic E-state index is 6.85. The minimum absolute atomic E-state index is 0.501. The molecule has 1 aliphatic carbocycles. The first-order chi connectivity index (χ1) is 29.2. The van der Waals surface area contributed by atoms with Crippen molar-refractivity contribution in [2.45, 2.75) is 15.2 Å². The van der Waals surface area contributed by atoms with E-state index in [1.165, 1.54) is 48.7 Å². The summed E-state index contributed by atoms with van der Waals surface area (Å²) in [6, 6.07) is 74.2. The molecule has 12 rings (SSSR count). The highest BCUT2D eigenvalue weighted by Gasteiger charge is 2.50. The highest BCUT2D eigenvalue weighted by atomic mass is 35.5. The molecule has 10 aromatic rings. The van der Waals surface area contributed by atoms with E-state index in [1.807, 2.05) is 23.9 Å². The van der Waals surface area contributed by atoms with Gasteiger partial charge in [-0.1, -0.05) is 157 Å². The highest BCUT2D eigenvalue weighted by molar-refractivity contribution is 7.99. The number of para-hydroxylation sites is 2. The van der Waals surface area contributed by atoms with Gasteiger partial charge in [-0.15, -0.1) is 0 Å². The Labute approximate surface area is 352 Å². The van der Waals surface area contributed by atoms with Gasteiger partial charge in [-0.05, 0) is 123 Å². The van der Waals surface area contributed by atoms with Gasteiger partial charge in [-0.3, -0.25) is 0 Å². The summed E-state index contributed by atoms with van der Waals surface area (Å²) < 4.78 is 6.70. The average Bonchev–Trinajstić information content (AvgIpc) is 3.82. The molecule has 0 bridgehead atoms. The molecule has 0 saturated carbocycles. The lowest BCUT2D eigenvalue weighted by atomic mass is 9.67. The lowest BCUT2D eigenvalue weighted by Crippen LogP contribution is -2.32. The summed E-state index contributed by atoms with van der Waals surface area (Å²) in [5.74, 6) is 0. The first-order valence-electron chi connectivity index (χ1n) is 19.9. The van der Waals surface area contributed by atoms with E-state index in [1.54, 1.807) is 0 Å². The number of halogens is 1. The van der Waals surface area contributed by atoms with Crippen LogP contribution in [0.2, 0.25) is 5.02 Å². The van der Waals surface area contributed by atoms with E-state index in [2.05, 4.69) is 199 Å². The van der Waals surface area contributed by atoms with Gasteiger partial charge in [0.05, 0.1) is 16.5 Å². The monoisotopic (exact) mass is 791 g/mol. The Morgan fingerprint density at radius 3 is 1.93 bits per heavy atom. The summed E-state index contributed by atoms with van der Waals surface area (Å²) in [4.78, 5) is 4.87. The van der Waals surface area contributed by atoms with Gasteiger partial charge < -0.3 is 9.32 Å². The number of benzene rings is 9. The van der Waals surface area contributed by atoms with E-state index in [9.17, 15) is 0 Å². The van der Waals surface area contributed by atoms with Crippen LogP contribution in [0.5, 0.6) is 0 Å². The summed E-state index contributed by atoms with van der Waals surface area (Å²) in [5, 5.41) is 2.93. The van der Waals surface area contributed by atoms with Crippen molar-refractivity contribution in [3.63, 3.8) is 0 Å². The average molecular weight is 792 g/mol. The number of anilines is 3. The van der Waals surface area contributed by atoms with E-state index >= 15 is 0 Å². The van der Waals surface area contributed by atoms with Crippen LogP contribution in [0.4, 0.5) is 17.1 Å². The molecular formula is C55H34ClNOS. The molecule has 2 nitrogen and oxygen atoms in total. The van der Waals surface area contributed by atoms with Gasteiger partial charge >= 0.3 is 0 Å². The fraction of sp³-hybridized carbons (Fsp3) is 0.0182. The number of nitrogens with zero attached hydrogens (tertiary/aromatic N) is 1. The number of fused-ring (bicyclic) bond motifs is 12. The van der Waals surface area contributed by atoms with Crippen LogP contribution in [-0.2, 0) is 5.41 Å². The zero-order valence-corrected chi connectivity index (χ0v) is 33.3. The largest absolute Gasteiger partial charge is 0.455 e. The Morgan fingerprint density at radius 2 is 1.08 bits per heavy atom. The molecule has 0 radical (unpaired) electrons. The Bertz CT molecular complexity index is 3260. The lowest BCUT2D eigenvalue weighted by molar-refractivity contribution is 0.670. The second-order valence-corrected chi connectivity index (χ2v) is 16.8. The van der Waals surface area contributed by atoms with E-state index in [-0.39, 0.29) is 0 Å². The molecule has 2 aliphatic rings. The Kier molecular flexibility index (Phi) is 7.78. The molecule has 0 saturated heterocycles. The third kappa shape index (κ3) is 5.15. The van der Waals surface area contributed by atoms with Crippen molar-refractivity contribution in [3.05, 3.63) is 234 Å². The first kappa shape index (κ1) is 34.3. The van der Waals surface area contributed by atoms with Crippen LogP contribution in [-0.4, -0.2) is 0 Å². The molecule has 2 heterocycles. The number of rotatable bonds is 5. The third-order valence-corrected chi connectivity index (χ3v) is 13.6. The molecule has 59 heavy (non-hydrogen) atoms. The van der Waals surface area contributed by atoms with Crippen LogP contribution >= 0.6 is 23.4 Å². The van der Waals surface area contributed by atoms with Crippen LogP contribution in [0.3, 0.4) is 0 Å². The normalized spacial score (nSPS) is 14.9. The van der Waals surface area contributed by atoms with Crippen LogP contribution in [0, 0.1) is 0 Å². The van der Waals surface area contributed by atoms with Crippen molar-refractivity contribution in [1.82, 2.24) is 0 Å². The van der Waals surface area contributed by atoms with Crippen molar-refractivity contribution in [2.24, 2.45) is 0 Å². The van der Waals surface area contributed by atoms with Gasteiger partial charge in [0.25, 0.3) is 0 Å². The van der Waals surface area contributed by atoms with Gasteiger partial charge in [0.2, 0.25) is 0 Å². The molecular weight excluding hydrogens is 758 g/mol. The van der Waals surface area contributed by atoms with E-state index < -0.39 is 5.41 Å². The fourth-order valence-electron chi connectivity index (χ4n) is 9.70. The van der Waals surface area contributed by atoms with Gasteiger partial charge in [-0.2, -0.15) is 0 Å². The molecule has 1 aliphatic heterocycles. The van der Waals surface area contributed by atoms with E-state index in [0.717, 1.165) is 60.7 Å². The second-order valence-electron chi connectivity index (χ2n) is 15.3.